The SMILES string of the molecule is Cc1ccccc1CN(C)C(=O)NCCCc1ccccc1. The number of hydrogen-bond acceptors (Lipinski definition) is 1. The number of nitrogens with one attached hydrogen (secondary N) is 1. The van der Waals surface area contributed by atoms with Gasteiger partial charge in [0.25, 0.3) is 0 Å². The van der Waals surface area contributed by atoms with Gasteiger partial charge in [0.05, 0.1) is 0 Å². The van der Waals surface area contributed by atoms with Crippen molar-refractivity contribution in [2.75, 3.05) is 13.6 Å². The molecule has 0 spiro atoms. The second kappa shape index (κ2) is 8.23. The standard InChI is InChI=1S/C19H24N2O/c1-16-9-6-7-13-18(16)15-21(2)19(22)20-14-8-12-17-10-4-3-5-11-17/h3-7,9-11,13H,8,12,14-15H2,1-2H3,(H,20,22). The average Bonchev–Trinajstić information content (AvgIpc) is 2.54. The summed E-state index contributed by atoms with van der Waals surface area (Å²) in [5.41, 5.74) is 3.71. The molecule has 2 rings (SSSR count). The van der Waals surface area contributed by atoms with Gasteiger partial charge in [-0.2, -0.15) is 0 Å². The van der Waals surface area contributed by atoms with E-state index in [0.29, 0.717) is 13.1 Å². The van der Waals surface area contributed by atoms with Crippen molar-refractivity contribution in [1.82, 2.24) is 10.2 Å². The molecule has 0 aliphatic rings. The van der Waals surface area contributed by atoms with E-state index in [1.54, 1.807) is 4.90 Å². The third kappa shape index (κ3) is 4.92. The molecule has 3 heteroatoms. The maximum absolute atomic E-state index is 12.1. The molecule has 3 nitrogen and oxygen atoms in total. The van der Waals surface area contributed by atoms with Gasteiger partial charge in [-0.15, -0.1) is 0 Å². The fraction of sp³-hybridized carbons (Fsp3) is 0.316. The molecule has 2 aromatic rings. The van der Waals surface area contributed by atoms with Crippen LogP contribution in [0.2, 0.25) is 0 Å². The summed E-state index contributed by atoms with van der Waals surface area (Å²) in [4.78, 5) is 13.8. The molecule has 0 aromatic heterocycles. The molecule has 0 radical (unpaired) electrons. The Morgan fingerprint density at radius 1 is 1.05 bits per heavy atom. The van der Waals surface area contributed by atoms with Crippen molar-refractivity contribution in [3.63, 3.8) is 0 Å². The molecule has 2 aromatic carbocycles. The second-order valence-corrected chi connectivity index (χ2v) is 5.60. The zero-order valence-corrected chi connectivity index (χ0v) is 13.4. The zero-order valence-electron chi connectivity index (χ0n) is 13.4. The highest BCUT2D eigenvalue weighted by atomic mass is 16.2. The van der Waals surface area contributed by atoms with Gasteiger partial charge in [0.2, 0.25) is 0 Å². The van der Waals surface area contributed by atoms with Crippen LogP contribution in [0.15, 0.2) is 54.6 Å². The number of amides is 2. The predicted molar refractivity (Wildman–Crippen MR) is 90.8 cm³/mol. The molecule has 0 aliphatic heterocycles. The summed E-state index contributed by atoms with van der Waals surface area (Å²) in [6.07, 6.45) is 1.94. The van der Waals surface area contributed by atoms with Gasteiger partial charge in [-0.3, -0.25) is 0 Å². The van der Waals surface area contributed by atoms with Crippen molar-refractivity contribution in [3.05, 3.63) is 71.3 Å². The van der Waals surface area contributed by atoms with Crippen LogP contribution in [0.3, 0.4) is 0 Å². The van der Waals surface area contributed by atoms with Crippen molar-refractivity contribution in [2.24, 2.45) is 0 Å². The largest absolute Gasteiger partial charge is 0.338 e. The normalized spacial score (nSPS) is 10.3. The topological polar surface area (TPSA) is 32.3 Å². The Morgan fingerprint density at radius 3 is 2.45 bits per heavy atom. The fourth-order valence-corrected chi connectivity index (χ4v) is 2.38. The van der Waals surface area contributed by atoms with Crippen LogP contribution >= 0.6 is 0 Å². The molecule has 1 N–H and O–H groups in total. The van der Waals surface area contributed by atoms with Gasteiger partial charge >= 0.3 is 6.03 Å². The first-order valence-electron chi connectivity index (χ1n) is 7.74. The van der Waals surface area contributed by atoms with Crippen LogP contribution in [0.4, 0.5) is 4.79 Å². The molecule has 0 saturated carbocycles. The maximum Gasteiger partial charge on any atom is 0.317 e. The second-order valence-electron chi connectivity index (χ2n) is 5.60. The molecular formula is C19H24N2O. The van der Waals surface area contributed by atoms with Crippen molar-refractivity contribution in [2.45, 2.75) is 26.3 Å². The summed E-state index contributed by atoms with van der Waals surface area (Å²) in [6.45, 7) is 3.41. The van der Waals surface area contributed by atoms with Gasteiger partial charge in [-0.25, -0.2) is 4.79 Å². The minimum absolute atomic E-state index is 0.0173. The van der Waals surface area contributed by atoms with E-state index in [2.05, 4.69) is 36.5 Å². The van der Waals surface area contributed by atoms with Gasteiger partial charge < -0.3 is 10.2 Å². The lowest BCUT2D eigenvalue weighted by Crippen LogP contribution is -2.37. The number of urea groups is 1. The first-order valence-corrected chi connectivity index (χ1v) is 7.74. The lowest BCUT2D eigenvalue weighted by Gasteiger charge is -2.19. The molecule has 22 heavy (non-hydrogen) atoms. The Labute approximate surface area is 133 Å². The Morgan fingerprint density at radius 2 is 1.73 bits per heavy atom. The average molecular weight is 296 g/mol. The Bertz CT molecular complexity index is 595. The minimum Gasteiger partial charge on any atom is -0.338 e. The molecule has 0 fully saturated rings. The van der Waals surface area contributed by atoms with E-state index in [9.17, 15) is 4.79 Å². The quantitative estimate of drug-likeness (QED) is 0.809. The van der Waals surface area contributed by atoms with Gasteiger partial charge in [0, 0.05) is 20.1 Å². The number of carbonyl (C=O) groups is 1. The lowest BCUT2D eigenvalue weighted by atomic mass is 10.1. The van der Waals surface area contributed by atoms with Crippen LogP contribution in [0.5, 0.6) is 0 Å². The summed E-state index contributed by atoms with van der Waals surface area (Å²) in [6, 6.07) is 18.5. The zero-order chi connectivity index (χ0) is 15.8. The summed E-state index contributed by atoms with van der Waals surface area (Å²) < 4.78 is 0. The smallest absolute Gasteiger partial charge is 0.317 e. The van der Waals surface area contributed by atoms with E-state index in [1.165, 1.54) is 16.7 Å². The van der Waals surface area contributed by atoms with E-state index < -0.39 is 0 Å². The third-order valence-corrected chi connectivity index (χ3v) is 3.78. The van der Waals surface area contributed by atoms with E-state index in [1.807, 2.05) is 37.4 Å². The molecule has 0 atom stereocenters. The fourth-order valence-electron chi connectivity index (χ4n) is 2.38. The molecule has 2 amide bonds. The molecule has 0 heterocycles. The lowest BCUT2D eigenvalue weighted by molar-refractivity contribution is 0.206. The highest BCUT2D eigenvalue weighted by Crippen LogP contribution is 2.09. The van der Waals surface area contributed by atoms with Crippen LogP contribution < -0.4 is 5.32 Å². The molecule has 0 saturated heterocycles. The van der Waals surface area contributed by atoms with E-state index in [0.717, 1.165) is 12.8 Å². The number of nitrogens with zero attached hydrogens (tertiary/aromatic N) is 1. The van der Waals surface area contributed by atoms with Gasteiger partial charge in [0.1, 0.15) is 0 Å². The van der Waals surface area contributed by atoms with Crippen molar-refractivity contribution in [1.29, 1.82) is 0 Å². The molecule has 0 aliphatic carbocycles. The molecule has 0 bridgehead atoms. The summed E-state index contributed by atoms with van der Waals surface area (Å²) in [5, 5.41) is 2.98. The predicted octanol–water partition coefficient (Wildman–Crippen LogP) is 3.77. The number of aryl methyl sites for hydroxylation is 2. The van der Waals surface area contributed by atoms with Crippen LogP contribution in [-0.4, -0.2) is 24.5 Å². The van der Waals surface area contributed by atoms with Gasteiger partial charge in [-0.05, 0) is 36.5 Å². The third-order valence-electron chi connectivity index (χ3n) is 3.78. The minimum atomic E-state index is -0.0173. The van der Waals surface area contributed by atoms with E-state index in [4.69, 9.17) is 0 Å². The van der Waals surface area contributed by atoms with Crippen LogP contribution in [0, 0.1) is 6.92 Å². The Hall–Kier alpha value is -2.29. The molecular weight excluding hydrogens is 272 g/mol. The monoisotopic (exact) mass is 296 g/mol. The van der Waals surface area contributed by atoms with Crippen LogP contribution in [-0.2, 0) is 13.0 Å². The highest BCUT2D eigenvalue weighted by Gasteiger charge is 2.09. The number of hydrogen-bond donors (Lipinski definition) is 1. The van der Waals surface area contributed by atoms with Crippen molar-refractivity contribution >= 4 is 6.03 Å². The molecule has 0 unspecified atom stereocenters. The summed E-state index contributed by atoms with van der Waals surface area (Å²) in [5.74, 6) is 0. The Kier molecular flexibility index (Phi) is 6.01. The number of benzene rings is 2. The van der Waals surface area contributed by atoms with Crippen molar-refractivity contribution < 1.29 is 4.79 Å². The summed E-state index contributed by atoms with van der Waals surface area (Å²) >= 11 is 0. The Balaban J connectivity index is 1.71. The maximum atomic E-state index is 12.1. The van der Waals surface area contributed by atoms with Crippen LogP contribution in [0.25, 0.3) is 0 Å². The van der Waals surface area contributed by atoms with Gasteiger partial charge in [-0.1, -0.05) is 54.6 Å². The van der Waals surface area contributed by atoms with E-state index in [-0.39, 0.29) is 6.03 Å². The number of carbonyl (C=O) groups excluding carboxylic acids is 1. The van der Waals surface area contributed by atoms with Gasteiger partial charge in [0.15, 0.2) is 0 Å². The first kappa shape index (κ1) is 16.1. The van der Waals surface area contributed by atoms with Crippen LogP contribution in [0.1, 0.15) is 23.1 Å². The summed E-state index contributed by atoms with van der Waals surface area (Å²) in [7, 11) is 1.83. The van der Waals surface area contributed by atoms with Crippen molar-refractivity contribution in [3.8, 4) is 0 Å². The van der Waals surface area contributed by atoms with E-state index >= 15 is 0 Å². The highest BCUT2D eigenvalue weighted by molar-refractivity contribution is 5.73. The molecule has 116 valence electrons. The number of rotatable bonds is 6. The first-order chi connectivity index (χ1) is 10.7.